The standard InChI is InChI=1S/C13H18N4O/c1-9(2)17-8-16-11-5-10(3-4-12(11)17)7-15-13(18)6-14/h3-5,8-9H,6-7,14H2,1-2H3,(H,15,18). The molecular weight excluding hydrogens is 228 g/mol. The SMILES string of the molecule is CC(C)n1cnc2cc(CNC(=O)CN)ccc21. The Bertz CT molecular complexity index is 559. The summed E-state index contributed by atoms with van der Waals surface area (Å²) in [5.41, 5.74) is 8.32. The van der Waals surface area contributed by atoms with Gasteiger partial charge in [-0.3, -0.25) is 4.79 Å². The highest BCUT2D eigenvalue weighted by Crippen LogP contribution is 2.18. The third-order valence-corrected chi connectivity index (χ3v) is 2.87. The van der Waals surface area contributed by atoms with Crippen molar-refractivity contribution in [3.63, 3.8) is 0 Å². The van der Waals surface area contributed by atoms with E-state index < -0.39 is 0 Å². The number of rotatable bonds is 4. The summed E-state index contributed by atoms with van der Waals surface area (Å²) in [5, 5.41) is 2.74. The topological polar surface area (TPSA) is 72.9 Å². The molecule has 0 saturated carbocycles. The van der Waals surface area contributed by atoms with Gasteiger partial charge in [0.25, 0.3) is 0 Å². The van der Waals surface area contributed by atoms with Crippen molar-refractivity contribution in [1.82, 2.24) is 14.9 Å². The number of amides is 1. The van der Waals surface area contributed by atoms with E-state index in [1.165, 1.54) is 0 Å². The summed E-state index contributed by atoms with van der Waals surface area (Å²) >= 11 is 0. The van der Waals surface area contributed by atoms with E-state index >= 15 is 0 Å². The van der Waals surface area contributed by atoms with Gasteiger partial charge in [0.05, 0.1) is 23.9 Å². The molecule has 0 aliphatic rings. The molecule has 1 amide bonds. The van der Waals surface area contributed by atoms with Crippen LogP contribution in [0, 0.1) is 0 Å². The number of hydrogen-bond acceptors (Lipinski definition) is 3. The Morgan fingerprint density at radius 3 is 2.94 bits per heavy atom. The van der Waals surface area contributed by atoms with Crippen LogP contribution >= 0.6 is 0 Å². The van der Waals surface area contributed by atoms with Gasteiger partial charge in [0, 0.05) is 12.6 Å². The van der Waals surface area contributed by atoms with Crippen LogP contribution in [-0.2, 0) is 11.3 Å². The van der Waals surface area contributed by atoms with Gasteiger partial charge >= 0.3 is 0 Å². The number of nitrogens with one attached hydrogen (secondary N) is 1. The molecule has 18 heavy (non-hydrogen) atoms. The van der Waals surface area contributed by atoms with E-state index in [2.05, 4.69) is 28.7 Å². The lowest BCUT2D eigenvalue weighted by Gasteiger charge is -2.08. The molecule has 0 aliphatic heterocycles. The van der Waals surface area contributed by atoms with Crippen LogP contribution in [-0.4, -0.2) is 22.0 Å². The Balaban J connectivity index is 2.21. The molecule has 1 aromatic heterocycles. The fraction of sp³-hybridized carbons (Fsp3) is 0.385. The first-order valence-electron chi connectivity index (χ1n) is 6.04. The zero-order valence-electron chi connectivity index (χ0n) is 10.7. The Morgan fingerprint density at radius 2 is 2.28 bits per heavy atom. The van der Waals surface area contributed by atoms with Gasteiger partial charge in [0.1, 0.15) is 0 Å². The predicted molar refractivity (Wildman–Crippen MR) is 71.0 cm³/mol. The number of nitrogens with two attached hydrogens (primary N) is 1. The summed E-state index contributed by atoms with van der Waals surface area (Å²) in [6.07, 6.45) is 1.84. The van der Waals surface area contributed by atoms with Crippen LogP contribution in [0.5, 0.6) is 0 Å². The number of benzene rings is 1. The van der Waals surface area contributed by atoms with Crippen LogP contribution in [0.1, 0.15) is 25.5 Å². The van der Waals surface area contributed by atoms with Gasteiger partial charge in [0.2, 0.25) is 5.91 Å². The third-order valence-electron chi connectivity index (χ3n) is 2.87. The molecule has 1 heterocycles. The Morgan fingerprint density at radius 1 is 1.50 bits per heavy atom. The van der Waals surface area contributed by atoms with Crippen molar-refractivity contribution in [2.24, 2.45) is 5.73 Å². The molecule has 1 aromatic carbocycles. The summed E-state index contributed by atoms with van der Waals surface area (Å²) < 4.78 is 2.12. The molecule has 0 unspecified atom stereocenters. The molecule has 5 nitrogen and oxygen atoms in total. The molecule has 0 bridgehead atoms. The lowest BCUT2D eigenvalue weighted by Crippen LogP contribution is -2.29. The summed E-state index contributed by atoms with van der Waals surface area (Å²) in [6.45, 7) is 4.75. The van der Waals surface area contributed by atoms with E-state index in [9.17, 15) is 4.79 Å². The third kappa shape index (κ3) is 2.51. The molecule has 0 radical (unpaired) electrons. The first-order valence-corrected chi connectivity index (χ1v) is 6.04. The number of aromatic nitrogens is 2. The average molecular weight is 246 g/mol. The van der Waals surface area contributed by atoms with Crippen molar-refractivity contribution in [1.29, 1.82) is 0 Å². The van der Waals surface area contributed by atoms with E-state index in [-0.39, 0.29) is 12.5 Å². The van der Waals surface area contributed by atoms with Crippen molar-refractivity contribution in [2.75, 3.05) is 6.54 Å². The highest BCUT2D eigenvalue weighted by atomic mass is 16.1. The minimum Gasteiger partial charge on any atom is -0.351 e. The largest absolute Gasteiger partial charge is 0.351 e. The van der Waals surface area contributed by atoms with Crippen LogP contribution in [0.25, 0.3) is 11.0 Å². The molecule has 0 fully saturated rings. The molecule has 5 heteroatoms. The quantitative estimate of drug-likeness (QED) is 0.851. The maximum Gasteiger partial charge on any atom is 0.234 e. The predicted octanol–water partition coefficient (Wildman–Crippen LogP) is 1.19. The Hall–Kier alpha value is -1.88. The zero-order chi connectivity index (χ0) is 13.1. The van der Waals surface area contributed by atoms with Crippen LogP contribution in [0.2, 0.25) is 0 Å². The molecule has 0 aliphatic carbocycles. The summed E-state index contributed by atoms with van der Waals surface area (Å²) in [6, 6.07) is 6.41. The normalized spacial score (nSPS) is 11.1. The highest BCUT2D eigenvalue weighted by molar-refractivity contribution is 5.78. The minimum absolute atomic E-state index is 0.0181. The van der Waals surface area contributed by atoms with Crippen LogP contribution < -0.4 is 11.1 Å². The smallest absolute Gasteiger partial charge is 0.234 e. The zero-order valence-corrected chi connectivity index (χ0v) is 10.7. The van der Waals surface area contributed by atoms with Crippen LogP contribution in [0.3, 0.4) is 0 Å². The van der Waals surface area contributed by atoms with Gasteiger partial charge in [-0.05, 0) is 31.5 Å². The number of hydrogen-bond donors (Lipinski definition) is 2. The second kappa shape index (κ2) is 5.18. The molecule has 0 atom stereocenters. The second-order valence-electron chi connectivity index (χ2n) is 4.55. The van der Waals surface area contributed by atoms with Gasteiger partial charge < -0.3 is 15.6 Å². The molecule has 96 valence electrons. The summed E-state index contributed by atoms with van der Waals surface area (Å²) in [7, 11) is 0. The minimum atomic E-state index is -0.150. The Kier molecular flexibility index (Phi) is 3.62. The van der Waals surface area contributed by atoms with Crippen molar-refractivity contribution in [3.05, 3.63) is 30.1 Å². The van der Waals surface area contributed by atoms with E-state index in [4.69, 9.17) is 5.73 Å². The van der Waals surface area contributed by atoms with Gasteiger partial charge in [-0.25, -0.2) is 4.98 Å². The number of nitrogens with zero attached hydrogens (tertiary/aromatic N) is 2. The van der Waals surface area contributed by atoms with Crippen molar-refractivity contribution in [3.8, 4) is 0 Å². The number of imidazole rings is 1. The van der Waals surface area contributed by atoms with E-state index in [0.717, 1.165) is 16.6 Å². The first-order chi connectivity index (χ1) is 8.61. The molecular formula is C13H18N4O. The van der Waals surface area contributed by atoms with Gasteiger partial charge in [0.15, 0.2) is 0 Å². The second-order valence-corrected chi connectivity index (χ2v) is 4.55. The molecule has 0 spiro atoms. The van der Waals surface area contributed by atoms with E-state index in [1.807, 2.05) is 24.5 Å². The summed E-state index contributed by atoms with van der Waals surface area (Å²) in [5.74, 6) is -0.150. The monoisotopic (exact) mass is 246 g/mol. The van der Waals surface area contributed by atoms with Crippen LogP contribution in [0.4, 0.5) is 0 Å². The maximum absolute atomic E-state index is 11.1. The molecule has 2 rings (SSSR count). The van der Waals surface area contributed by atoms with Crippen molar-refractivity contribution < 1.29 is 4.79 Å². The van der Waals surface area contributed by atoms with E-state index in [0.29, 0.717) is 12.6 Å². The average Bonchev–Trinajstić information content (AvgIpc) is 2.78. The number of carbonyl (C=O) groups is 1. The van der Waals surface area contributed by atoms with Gasteiger partial charge in [-0.15, -0.1) is 0 Å². The fourth-order valence-corrected chi connectivity index (χ4v) is 1.87. The summed E-state index contributed by atoms with van der Waals surface area (Å²) in [4.78, 5) is 15.5. The number of carbonyl (C=O) groups excluding carboxylic acids is 1. The molecule has 0 saturated heterocycles. The first kappa shape index (κ1) is 12.6. The maximum atomic E-state index is 11.1. The molecule has 2 aromatic rings. The number of fused-ring (bicyclic) bond motifs is 1. The van der Waals surface area contributed by atoms with Gasteiger partial charge in [-0.2, -0.15) is 0 Å². The Labute approximate surface area is 106 Å². The van der Waals surface area contributed by atoms with Crippen molar-refractivity contribution in [2.45, 2.75) is 26.4 Å². The van der Waals surface area contributed by atoms with Crippen LogP contribution in [0.15, 0.2) is 24.5 Å². The lowest BCUT2D eigenvalue weighted by atomic mass is 10.2. The fourth-order valence-electron chi connectivity index (χ4n) is 1.87. The highest BCUT2D eigenvalue weighted by Gasteiger charge is 2.06. The van der Waals surface area contributed by atoms with Gasteiger partial charge in [-0.1, -0.05) is 6.07 Å². The lowest BCUT2D eigenvalue weighted by molar-refractivity contribution is -0.119. The van der Waals surface area contributed by atoms with Crippen molar-refractivity contribution >= 4 is 16.9 Å². The van der Waals surface area contributed by atoms with E-state index in [1.54, 1.807) is 0 Å². The molecule has 3 N–H and O–H groups in total.